The van der Waals surface area contributed by atoms with Crippen LogP contribution in [0.1, 0.15) is 43.3 Å². The standard InChI is InChI=1S/C15H26N2O/c1-4-7-16-9-14-8-15(18-12(14)2)11-17(3)10-13-5-6-13/h8,13,16H,4-7,9-11H2,1-3H3. The highest BCUT2D eigenvalue weighted by Gasteiger charge is 2.23. The summed E-state index contributed by atoms with van der Waals surface area (Å²) in [6.45, 7) is 8.40. The fourth-order valence-corrected chi connectivity index (χ4v) is 2.31. The van der Waals surface area contributed by atoms with Gasteiger partial charge in [0, 0.05) is 18.7 Å². The quantitative estimate of drug-likeness (QED) is 0.719. The van der Waals surface area contributed by atoms with Crippen molar-refractivity contribution in [2.45, 2.75) is 46.2 Å². The molecule has 1 heterocycles. The minimum absolute atomic E-state index is 0.926. The van der Waals surface area contributed by atoms with E-state index in [0.717, 1.165) is 37.1 Å². The van der Waals surface area contributed by atoms with Crippen molar-refractivity contribution in [3.05, 3.63) is 23.2 Å². The van der Waals surface area contributed by atoms with Gasteiger partial charge in [0.2, 0.25) is 0 Å². The van der Waals surface area contributed by atoms with E-state index in [1.54, 1.807) is 0 Å². The van der Waals surface area contributed by atoms with Gasteiger partial charge in [0.25, 0.3) is 0 Å². The molecule has 0 spiro atoms. The smallest absolute Gasteiger partial charge is 0.118 e. The van der Waals surface area contributed by atoms with Crippen LogP contribution < -0.4 is 5.32 Å². The highest BCUT2D eigenvalue weighted by molar-refractivity contribution is 5.20. The highest BCUT2D eigenvalue weighted by Crippen LogP contribution is 2.29. The molecule has 1 aliphatic carbocycles. The van der Waals surface area contributed by atoms with Crippen molar-refractivity contribution in [3.8, 4) is 0 Å². The van der Waals surface area contributed by atoms with E-state index in [1.165, 1.54) is 31.4 Å². The molecule has 1 aromatic rings. The normalized spacial score (nSPS) is 15.6. The molecule has 0 bridgehead atoms. The molecular weight excluding hydrogens is 224 g/mol. The van der Waals surface area contributed by atoms with Crippen LogP contribution in [0.15, 0.2) is 10.5 Å². The zero-order chi connectivity index (χ0) is 13.0. The molecular formula is C15H26N2O. The Hall–Kier alpha value is -0.800. The Morgan fingerprint density at radius 1 is 1.44 bits per heavy atom. The molecule has 0 saturated heterocycles. The average molecular weight is 250 g/mol. The maximum absolute atomic E-state index is 5.84. The fraction of sp³-hybridized carbons (Fsp3) is 0.733. The summed E-state index contributed by atoms with van der Waals surface area (Å²) in [7, 11) is 2.19. The maximum atomic E-state index is 5.84. The summed E-state index contributed by atoms with van der Waals surface area (Å²) in [4.78, 5) is 2.37. The number of rotatable bonds is 8. The third-order valence-electron chi connectivity index (χ3n) is 3.51. The van der Waals surface area contributed by atoms with Gasteiger partial charge >= 0.3 is 0 Å². The third kappa shape index (κ3) is 4.14. The molecule has 0 aliphatic heterocycles. The Labute approximate surface area is 111 Å². The molecule has 1 fully saturated rings. The Bertz CT molecular complexity index is 369. The van der Waals surface area contributed by atoms with Gasteiger partial charge < -0.3 is 9.73 Å². The van der Waals surface area contributed by atoms with E-state index >= 15 is 0 Å². The van der Waals surface area contributed by atoms with Crippen LogP contribution in [0.25, 0.3) is 0 Å². The molecule has 1 aromatic heterocycles. The molecule has 0 aromatic carbocycles. The summed E-state index contributed by atoms with van der Waals surface area (Å²) in [6.07, 6.45) is 4.00. The van der Waals surface area contributed by atoms with E-state index in [-0.39, 0.29) is 0 Å². The lowest BCUT2D eigenvalue weighted by Gasteiger charge is -2.13. The van der Waals surface area contributed by atoms with Crippen LogP contribution in [0.4, 0.5) is 0 Å². The molecule has 3 nitrogen and oxygen atoms in total. The van der Waals surface area contributed by atoms with Gasteiger partial charge in [-0.05, 0) is 51.8 Å². The minimum Gasteiger partial charge on any atom is -0.465 e. The zero-order valence-electron chi connectivity index (χ0n) is 12.0. The van der Waals surface area contributed by atoms with Gasteiger partial charge in [0.05, 0.1) is 6.54 Å². The molecule has 2 rings (SSSR count). The summed E-state index contributed by atoms with van der Waals surface area (Å²) < 4.78 is 5.84. The first kappa shape index (κ1) is 13.6. The van der Waals surface area contributed by atoms with Crippen LogP contribution in [0.5, 0.6) is 0 Å². The first-order valence-electron chi connectivity index (χ1n) is 7.16. The van der Waals surface area contributed by atoms with E-state index in [0.29, 0.717) is 0 Å². The SMILES string of the molecule is CCCNCc1cc(CN(C)CC2CC2)oc1C. The summed E-state index contributed by atoms with van der Waals surface area (Å²) >= 11 is 0. The van der Waals surface area contributed by atoms with Gasteiger partial charge in [-0.15, -0.1) is 0 Å². The van der Waals surface area contributed by atoms with Crippen LogP contribution in [-0.2, 0) is 13.1 Å². The summed E-state index contributed by atoms with van der Waals surface area (Å²) in [6, 6.07) is 2.21. The topological polar surface area (TPSA) is 28.4 Å². The first-order valence-corrected chi connectivity index (χ1v) is 7.16. The van der Waals surface area contributed by atoms with Crippen LogP contribution in [0, 0.1) is 12.8 Å². The van der Waals surface area contributed by atoms with Crippen LogP contribution in [-0.4, -0.2) is 25.0 Å². The second-order valence-corrected chi connectivity index (χ2v) is 5.61. The van der Waals surface area contributed by atoms with Gasteiger partial charge in [-0.1, -0.05) is 6.92 Å². The van der Waals surface area contributed by atoms with Crippen molar-refractivity contribution in [1.29, 1.82) is 0 Å². The van der Waals surface area contributed by atoms with Crippen molar-refractivity contribution >= 4 is 0 Å². The second kappa shape index (κ2) is 6.39. The Morgan fingerprint density at radius 3 is 2.89 bits per heavy atom. The maximum Gasteiger partial charge on any atom is 0.118 e. The predicted molar refractivity (Wildman–Crippen MR) is 74.5 cm³/mol. The van der Waals surface area contributed by atoms with Gasteiger partial charge in [-0.2, -0.15) is 0 Å². The second-order valence-electron chi connectivity index (χ2n) is 5.61. The predicted octanol–water partition coefficient (Wildman–Crippen LogP) is 2.93. The molecule has 0 unspecified atom stereocenters. The van der Waals surface area contributed by atoms with E-state index in [2.05, 4.69) is 37.2 Å². The van der Waals surface area contributed by atoms with Crippen molar-refractivity contribution < 1.29 is 4.42 Å². The van der Waals surface area contributed by atoms with Crippen LogP contribution >= 0.6 is 0 Å². The molecule has 0 radical (unpaired) electrons. The average Bonchev–Trinajstić information content (AvgIpc) is 3.05. The fourth-order valence-electron chi connectivity index (χ4n) is 2.31. The van der Waals surface area contributed by atoms with Crippen molar-refractivity contribution in [2.24, 2.45) is 5.92 Å². The zero-order valence-corrected chi connectivity index (χ0v) is 12.0. The van der Waals surface area contributed by atoms with E-state index in [1.807, 2.05) is 0 Å². The number of nitrogens with one attached hydrogen (secondary N) is 1. The van der Waals surface area contributed by atoms with Crippen LogP contribution in [0.2, 0.25) is 0 Å². The lowest BCUT2D eigenvalue weighted by molar-refractivity contribution is 0.282. The molecule has 1 saturated carbocycles. The first-order chi connectivity index (χ1) is 8.69. The highest BCUT2D eigenvalue weighted by atomic mass is 16.3. The molecule has 102 valence electrons. The molecule has 3 heteroatoms. The number of furan rings is 1. The summed E-state index contributed by atoms with van der Waals surface area (Å²) in [5.74, 6) is 3.11. The lowest BCUT2D eigenvalue weighted by atomic mass is 10.2. The molecule has 0 amide bonds. The number of aryl methyl sites for hydroxylation is 1. The molecule has 1 N–H and O–H groups in total. The Kier molecular flexibility index (Phi) is 4.84. The van der Waals surface area contributed by atoms with Crippen molar-refractivity contribution in [2.75, 3.05) is 20.1 Å². The molecule has 1 aliphatic rings. The van der Waals surface area contributed by atoms with Crippen molar-refractivity contribution in [1.82, 2.24) is 10.2 Å². The summed E-state index contributed by atoms with van der Waals surface area (Å²) in [5.41, 5.74) is 1.30. The number of hydrogen-bond acceptors (Lipinski definition) is 3. The lowest BCUT2D eigenvalue weighted by Crippen LogP contribution is -2.20. The number of hydrogen-bond donors (Lipinski definition) is 1. The van der Waals surface area contributed by atoms with Crippen LogP contribution in [0.3, 0.4) is 0 Å². The van der Waals surface area contributed by atoms with Gasteiger partial charge in [0.1, 0.15) is 11.5 Å². The van der Waals surface area contributed by atoms with Crippen molar-refractivity contribution in [3.63, 3.8) is 0 Å². The minimum atomic E-state index is 0.926. The number of nitrogens with zero attached hydrogens (tertiary/aromatic N) is 1. The van der Waals surface area contributed by atoms with Gasteiger partial charge in [-0.25, -0.2) is 0 Å². The monoisotopic (exact) mass is 250 g/mol. The third-order valence-corrected chi connectivity index (χ3v) is 3.51. The van der Waals surface area contributed by atoms with E-state index in [4.69, 9.17) is 4.42 Å². The Morgan fingerprint density at radius 2 is 2.22 bits per heavy atom. The molecule has 0 atom stereocenters. The van der Waals surface area contributed by atoms with E-state index in [9.17, 15) is 0 Å². The Balaban J connectivity index is 1.82. The van der Waals surface area contributed by atoms with E-state index < -0.39 is 0 Å². The largest absolute Gasteiger partial charge is 0.465 e. The summed E-state index contributed by atoms with van der Waals surface area (Å²) in [5, 5.41) is 3.43. The molecule has 18 heavy (non-hydrogen) atoms. The van der Waals surface area contributed by atoms with Gasteiger partial charge in [0.15, 0.2) is 0 Å². The van der Waals surface area contributed by atoms with Gasteiger partial charge in [-0.3, -0.25) is 4.90 Å².